The van der Waals surface area contributed by atoms with Crippen molar-refractivity contribution in [2.24, 2.45) is 0 Å². The van der Waals surface area contributed by atoms with Gasteiger partial charge >= 0.3 is 5.97 Å². The van der Waals surface area contributed by atoms with Crippen LogP contribution in [-0.2, 0) is 0 Å². The van der Waals surface area contributed by atoms with Gasteiger partial charge in [0.2, 0.25) is 5.69 Å². The van der Waals surface area contributed by atoms with Crippen LogP contribution in [0.3, 0.4) is 0 Å². The first-order valence-electron chi connectivity index (χ1n) is 5.67. The van der Waals surface area contributed by atoms with E-state index in [9.17, 15) is 4.79 Å². The third-order valence-electron chi connectivity index (χ3n) is 2.41. The standard InChI is InChI=1S/C14H12N2O3/c1-2-3-9-19-12-10-16(15-13(12)14(17)18)11-7-5-4-6-8-11/h1,4-8,10H,3,9H2,(H,17,18). The number of terminal acetylenes is 1. The molecule has 0 aliphatic rings. The molecule has 0 bridgehead atoms. The van der Waals surface area contributed by atoms with Gasteiger partial charge in [-0.1, -0.05) is 18.2 Å². The number of rotatable bonds is 5. The first-order chi connectivity index (χ1) is 9.22. The van der Waals surface area contributed by atoms with E-state index >= 15 is 0 Å². The largest absolute Gasteiger partial charge is 0.488 e. The quantitative estimate of drug-likeness (QED) is 0.656. The summed E-state index contributed by atoms with van der Waals surface area (Å²) in [4.78, 5) is 11.1. The first-order valence-corrected chi connectivity index (χ1v) is 5.67. The molecule has 1 aromatic carbocycles. The molecular formula is C14H12N2O3. The monoisotopic (exact) mass is 256 g/mol. The molecule has 0 aliphatic carbocycles. The van der Waals surface area contributed by atoms with Crippen molar-refractivity contribution < 1.29 is 14.6 Å². The fraction of sp³-hybridized carbons (Fsp3) is 0.143. The number of para-hydroxylation sites is 1. The minimum absolute atomic E-state index is 0.124. The van der Waals surface area contributed by atoms with Crippen LogP contribution in [0.2, 0.25) is 0 Å². The fourth-order valence-electron chi connectivity index (χ4n) is 1.54. The minimum atomic E-state index is -1.13. The van der Waals surface area contributed by atoms with E-state index in [4.69, 9.17) is 16.3 Å². The van der Waals surface area contributed by atoms with Gasteiger partial charge in [-0.3, -0.25) is 0 Å². The number of benzene rings is 1. The number of hydrogen-bond donors (Lipinski definition) is 1. The van der Waals surface area contributed by atoms with Crippen LogP contribution in [0, 0.1) is 12.3 Å². The van der Waals surface area contributed by atoms with Gasteiger partial charge in [-0.25, -0.2) is 9.48 Å². The molecular weight excluding hydrogens is 244 g/mol. The van der Waals surface area contributed by atoms with Crippen molar-refractivity contribution in [3.05, 3.63) is 42.2 Å². The maximum atomic E-state index is 11.1. The molecule has 0 atom stereocenters. The third-order valence-corrected chi connectivity index (χ3v) is 2.41. The minimum Gasteiger partial charge on any atom is -0.488 e. The smallest absolute Gasteiger partial charge is 0.360 e. The molecule has 2 rings (SSSR count). The molecule has 1 aromatic heterocycles. The zero-order chi connectivity index (χ0) is 13.7. The zero-order valence-corrected chi connectivity index (χ0v) is 10.1. The van der Waals surface area contributed by atoms with E-state index in [2.05, 4.69) is 11.0 Å². The molecule has 0 spiro atoms. The third kappa shape index (κ3) is 2.93. The zero-order valence-electron chi connectivity index (χ0n) is 10.1. The van der Waals surface area contributed by atoms with Gasteiger partial charge in [-0.05, 0) is 12.1 Å². The second-order valence-electron chi connectivity index (χ2n) is 3.73. The van der Waals surface area contributed by atoms with E-state index in [-0.39, 0.29) is 18.1 Å². The van der Waals surface area contributed by atoms with Crippen molar-refractivity contribution in [3.63, 3.8) is 0 Å². The lowest BCUT2D eigenvalue weighted by atomic mass is 10.3. The summed E-state index contributed by atoms with van der Waals surface area (Å²) in [5, 5.41) is 13.1. The van der Waals surface area contributed by atoms with E-state index in [1.54, 1.807) is 0 Å². The summed E-state index contributed by atoms with van der Waals surface area (Å²) in [5.41, 5.74) is 0.637. The maximum Gasteiger partial charge on any atom is 0.360 e. The van der Waals surface area contributed by atoms with E-state index in [1.807, 2.05) is 30.3 Å². The summed E-state index contributed by atoms with van der Waals surface area (Å²) < 4.78 is 6.80. The Balaban J connectivity index is 2.30. The van der Waals surface area contributed by atoms with Crippen molar-refractivity contribution in [1.82, 2.24) is 9.78 Å². The van der Waals surface area contributed by atoms with E-state index in [1.165, 1.54) is 10.9 Å². The Kier molecular flexibility index (Phi) is 3.84. The first kappa shape index (κ1) is 12.7. The highest BCUT2D eigenvalue weighted by Gasteiger charge is 2.17. The molecule has 1 N–H and O–H groups in total. The number of carbonyl (C=O) groups is 1. The van der Waals surface area contributed by atoms with Crippen LogP contribution >= 0.6 is 0 Å². The summed E-state index contributed by atoms with van der Waals surface area (Å²) in [6.07, 6.45) is 7.07. The lowest BCUT2D eigenvalue weighted by Gasteiger charge is -2.00. The summed E-state index contributed by atoms with van der Waals surface area (Å²) in [6, 6.07) is 9.20. The molecule has 19 heavy (non-hydrogen) atoms. The average molecular weight is 256 g/mol. The number of ether oxygens (including phenoxy) is 1. The van der Waals surface area contributed by atoms with Crippen LogP contribution in [0.15, 0.2) is 36.5 Å². The Bertz CT molecular complexity index is 611. The maximum absolute atomic E-state index is 11.1. The van der Waals surface area contributed by atoms with Crippen LogP contribution < -0.4 is 4.74 Å². The Morgan fingerprint density at radius 3 is 2.79 bits per heavy atom. The second kappa shape index (κ2) is 5.74. The molecule has 5 heteroatoms. The molecule has 0 radical (unpaired) electrons. The molecule has 96 valence electrons. The van der Waals surface area contributed by atoms with E-state index < -0.39 is 5.97 Å². The van der Waals surface area contributed by atoms with Crippen LogP contribution in [0.1, 0.15) is 16.9 Å². The highest BCUT2D eigenvalue weighted by molar-refractivity contribution is 5.88. The normalized spacial score (nSPS) is 9.84. The van der Waals surface area contributed by atoms with Crippen molar-refractivity contribution in [3.8, 4) is 23.8 Å². The van der Waals surface area contributed by atoms with Crippen LogP contribution in [-0.4, -0.2) is 27.5 Å². The van der Waals surface area contributed by atoms with Gasteiger partial charge in [-0.2, -0.15) is 5.10 Å². The average Bonchev–Trinajstić information content (AvgIpc) is 2.84. The highest BCUT2D eigenvalue weighted by Crippen LogP contribution is 2.20. The summed E-state index contributed by atoms with van der Waals surface area (Å²) in [6.45, 7) is 0.261. The van der Waals surface area contributed by atoms with Crippen molar-refractivity contribution in [1.29, 1.82) is 0 Å². The number of aromatic nitrogens is 2. The number of carboxylic acids is 1. The van der Waals surface area contributed by atoms with Gasteiger partial charge in [0, 0.05) is 6.42 Å². The Morgan fingerprint density at radius 2 is 2.16 bits per heavy atom. The molecule has 0 amide bonds. The summed E-state index contributed by atoms with van der Waals surface area (Å²) >= 11 is 0. The van der Waals surface area contributed by atoms with E-state index in [0.29, 0.717) is 6.42 Å². The van der Waals surface area contributed by atoms with Crippen molar-refractivity contribution in [2.75, 3.05) is 6.61 Å². The number of carboxylic acid groups (broad SMARTS) is 1. The molecule has 1 heterocycles. The number of hydrogen-bond acceptors (Lipinski definition) is 3. The molecule has 0 fully saturated rings. The fourth-order valence-corrected chi connectivity index (χ4v) is 1.54. The molecule has 0 aliphatic heterocycles. The molecule has 5 nitrogen and oxygen atoms in total. The van der Waals surface area contributed by atoms with Crippen molar-refractivity contribution in [2.45, 2.75) is 6.42 Å². The molecule has 2 aromatic rings. The van der Waals surface area contributed by atoms with Gasteiger partial charge in [0.05, 0.1) is 18.5 Å². The van der Waals surface area contributed by atoms with Crippen molar-refractivity contribution >= 4 is 5.97 Å². The Hall–Kier alpha value is -2.74. The Morgan fingerprint density at radius 1 is 1.42 bits per heavy atom. The lowest BCUT2D eigenvalue weighted by molar-refractivity contribution is 0.0685. The van der Waals surface area contributed by atoms with Crippen LogP contribution in [0.25, 0.3) is 5.69 Å². The number of nitrogens with zero attached hydrogens (tertiary/aromatic N) is 2. The SMILES string of the molecule is C#CCCOc1cn(-c2ccccc2)nc1C(=O)O. The molecule has 0 saturated carbocycles. The molecule has 0 saturated heterocycles. The molecule has 0 unspecified atom stereocenters. The second-order valence-corrected chi connectivity index (χ2v) is 3.73. The van der Waals surface area contributed by atoms with Gasteiger partial charge in [0.25, 0.3) is 0 Å². The predicted octanol–water partition coefficient (Wildman–Crippen LogP) is 1.97. The Labute approximate surface area is 110 Å². The van der Waals surface area contributed by atoms with Gasteiger partial charge < -0.3 is 9.84 Å². The highest BCUT2D eigenvalue weighted by atomic mass is 16.5. The topological polar surface area (TPSA) is 64.4 Å². The predicted molar refractivity (Wildman–Crippen MR) is 69.5 cm³/mol. The summed E-state index contributed by atoms with van der Waals surface area (Å²) in [5.74, 6) is 1.51. The summed E-state index contributed by atoms with van der Waals surface area (Å²) in [7, 11) is 0. The van der Waals surface area contributed by atoms with E-state index in [0.717, 1.165) is 5.69 Å². The number of aromatic carboxylic acids is 1. The lowest BCUT2D eigenvalue weighted by Crippen LogP contribution is -2.03. The van der Waals surface area contributed by atoms with Gasteiger partial charge in [-0.15, -0.1) is 12.3 Å². The van der Waals surface area contributed by atoms with Gasteiger partial charge in [0.15, 0.2) is 5.75 Å². The van der Waals surface area contributed by atoms with Crippen LogP contribution in [0.4, 0.5) is 0 Å². The van der Waals surface area contributed by atoms with Crippen LogP contribution in [0.5, 0.6) is 5.75 Å². The van der Waals surface area contributed by atoms with Gasteiger partial charge in [0.1, 0.15) is 0 Å².